The third-order valence-corrected chi connectivity index (χ3v) is 6.06. The molecule has 2 aromatic carbocycles. The first-order valence-corrected chi connectivity index (χ1v) is 11.0. The fraction of sp³-hybridized carbons (Fsp3) is 0.320. The number of benzene rings is 2. The van der Waals surface area contributed by atoms with E-state index in [1.165, 1.54) is 29.2 Å². The Bertz CT molecular complexity index is 1080. The molecule has 4 rings (SSSR count). The van der Waals surface area contributed by atoms with Crippen LogP contribution in [0, 0.1) is 5.82 Å². The number of likely N-dealkylation sites (N-methyl/N-ethyl adjacent to an activating group) is 1. The van der Waals surface area contributed by atoms with Crippen molar-refractivity contribution < 1.29 is 23.5 Å². The van der Waals surface area contributed by atoms with Crippen LogP contribution in [0.25, 0.3) is 5.57 Å². The van der Waals surface area contributed by atoms with Crippen LogP contribution in [0.2, 0.25) is 0 Å². The molecule has 2 aliphatic rings. The average molecular weight is 451 g/mol. The van der Waals surface area contributed by atoms with Crippen LogP contribution in [-0.2, 0) is 14.3 Å². The quantitative estimate of drug-likeness (QED) is 0.649. The summed E-state index contributed by atoms with van der Waals surface area (Å²) in [5.41, 5.74) is 1.75. The fourth-order valence-electron chi connectivity index (χ4n) is 4.36. The van der Waals surface area contributed by atoms with Crippen LogP contribution >= 0.6 is 0 Å². The first-order chi connectivity index (χ1) is 15.9. The first kappa shape index (κ1) is 22.5. The van der Waals surface area contributed by atoms with E-state index in [9.17, 15) is 18.8 Å². The highest BCUT2D eigenvalue weighted by Gasteiger charge is 2.45. The molecule has 0 N–H and O–H groups in total. The molecule has 2 aliphatic heterocycles. The number of para-hydroxylation sites is 1. The van der Waals surface area contributed by atoms with Gasteiger partial charge in [-0.25, -0.2) is 9.18 Å². The average Bonchev–Trinajstić information content (AvgIpc) is 3.09. The second kappa shape index (κ2) is 9.44. The number of hydrogen-bond acceptors (Lipinski definition) is 5. The number of carbonyl (C=O) groups is 3. The molecule has 1 fully saturated rings. The molecule has 2 heterocycles. The normalized spacial score (nSPS) is 17.1. The van der Waals surface area contributed by atoms with Crippen molar-refractivity contribution in [2.45, 2.75) is 25.8 Å². The van der Waals surface area contributed by atoms with Crippen molar-refractivity contribution in [2.75, 3.05) is 31.6 Å². The molecule has 0 aliphatic carbocycles. The van der Waals surface area contributed by atoms with E-state index < -0.39 is 11.7 Å². The lowest BCUT2D eigenvalue weighted by Crippen LogP contribution is -2.49. The lowest BCUT2D eigenvalue weighted by atomic mass is 10.0. The number of ether oxygens (including phenoxy) is 1. The third-order valence-electron chi connectivity index (χ3n) is 6.06. The maximum absolute atomic E-state index is 13.6. The molecule has 0 aromatic heterocycles. The van der Waals surface area contributed by atoms with E-state index in [2.05, 4.69) is 0 Å². The molecule has 8 heteroatoms. The zero-order chi connectivity index (χ0) is 23.5. The molecule has 33 heavy (non-hydrogen) atoms. The minimum absolute atomic E-state index is 0.249. The Morgan fingerprint density at radius 2 is 1.67 bits per heavy atom. The predicted molar refractivity (Wildman–Crippen MR) is 122 cm³/mol. The zero-order valence-electron chi connectivity index (χ0n) is 18.7. The van der Waals surface area contributed by atoms with Crippen molar-refractivity contribution in [1.82, 2.24) is 9.80 Å². The molecule has 7 nitrogen and oxygen atoms in total. The molecule has 0 atom stereocenters. The molecular weight excluding hydrogens is 425 g/mol. The highest BCUT2D eigenvalue weighted by atomic mass is 19.1. The molecule has 0 bridgehead atoms. The van der Waals surface area contributed by atoms with Gasteiger partial charge in [-0.15, -0.1) is 0 Å². The maximum atomic E-state index is 13.6. The lowest BCUT2D eigenvalue weighted by molar-refractivity contribution is -0.140. The van der Waals surface area contributed by atoms with Gasteiger partial charge >= 0.3 is 6.09 Å². The van der Waals surface area contributed by atoms with Gasteiger partial charge in [0.05, 0.1) is 12.2 Å². The van der Waals surface area contributed by atoms with E-state index in [0.29, 0.717) is 38.1 Å². The number of imide groups is 1. The van der Waals surface area contributed by atoms with Gasteiger partial charge in [0, 0.05) is 31.9 Å². The summed E-state index contributed by atoms with van der Waals surface area (Å²) < 4.78 is 18.6. The standard InChI is InChI=1S/C25H26FN3O4/c1-3-33-25(32)28-15-13-20(14-16-28)29-23(30)21(17-9-11-18(26)12-10-17)22(24(29)31)27(2)19-7-5-4-6-8-19/h4-12,20H,3,13-16H2,1-2H3. The number of likely N-dealkylation sites (tertiary alicyclic amines) is 1. The van der Waals surface area contributed by atoms with Crippen LogP contribution in [-0.4, -0.2) is 60.5 Å². The van der Waals surface area contributed by atoms with Crippen molar-refractivity contribution in [3.05, 3.63) is 71.7 Å². The SMILES string of the molecule is CCOC(=O)N1CCC(N2C(=O)C(c3ccc(F)cc3)=C(N(C)c3ccccc3)C2=O)CC1. The summed E-state index contributed by atoms with van der Waals surface area (Å²) in [6.45, 7) is 2.84. The molecule has 0 radical (unpaired) electrons. The van der Waals surface area contributed by atoms with Crippen molar-refractivity contribution >= 4 is 29.2 Å². The summed E-state index contributed by atoms with van der Waals surface area (Å²) in [7, 11) is 1.74. The molecule has 0 unspecified atom stereocenters. The summed E-state index contributed by atoms with van der Waals surface area (Å²) >= 11 is 0. The van der Waals surface area contributed by atoms with E-state index in [0.717, 1.165) is 5.69 Å². The first-order valence-electron chi connectivity index (χ1n) is 11.0. The second-order valence-corrected chi connectivity index (χ2v) is 8.02. The van der Waals surface area contributed by atoms with Crippen LogP contribution < -0.4 is 4.90 Å². The number of hydrogen-bond donors (Lipinski definition) is 0. The number of rotatable bonds is 5. The number of halogens is 1. The van der Waals surface area contributed by atoms with Crippen LogP contribution in [0.15, 0.2) is 60.3 Å². The van der Waals surface area contributed by atoms with E-state index in [1.54, 1.807) is 23.8 Å². The van der Waals surface area contributed by atoms with Crippen molar-refractivity contribution in [2.24, 2.45) is 0 Å². The van der Waals surface area contributed by atoms with Crippen LogP contribution in [0.1, 0.15) is 25.3 Å². The summed E-state index contributed by atoms with van der Waals surface area (Å²) in [5, 5.41) is 0. The Labute approximate surface area is 192 Å². The second-order valence-electron chi connectivity index (χ2n) is 8.02. The molecule has 0 saturated carbocycles. The zero-order valence-corrected chi connectivity index (χ0v) is 18.7. The summed E-state index contributed by atoms with van der Waals surface area (Å²) in [5.74, 6) is -1.21. The topological polar surface area (TPSA) is 70.2 Å². The largest absolute Gasteiger partial charge is 0.450 e. The summed E-state index contributed by atoms with van der Waals surface area (Å²) in [6, 6.07) is 14.5. The highest BCUT2D eigenvalue weighted by Crippen LogP contribution is 2.36. The Balaban J connectivity index is 1.65. The summed E-state index contributed by atoms with van der Waals surface area (Å²) in [6.07, 6.45) is 0.551. The van der Waals surface area contributed by atoms with Gasteiger partial charge in [-0.3, -0.25) is 14.5 Å². The van der Waals surface area contributed by atoms with Crippen LogP contribution in [0.3, 0.4) is 0 Å². The number of anilines is 1. The monoisotopic (exact) mass is 451 g/mol. The van der Waals surface area contributed by atoms with Gasteiger partial charge in [0.2, 0.25) is 0 Å². The lowest BCUT2D eigenvalue weighted by Gasteiger charge is -2.35. The van der Waals surface area contributed by atoms with Crippen molar-refractivity contribution in [3.8, 4) is 0 Å². The molecule has 1 saturated heterocycles. The Morgan fingerprint density at radius 1 is 1.03 bits per heavy atom. The Hall–Kier alpha value is -3.68. The van der Waals surface area contributed by atoms with Gasteiger partial charge in [-0.2, -0.15) is 0 Å². The van der Waals surface area contributed by atoms with Gasteiger partial charge in [0.15, 0.2) is 0 Å². The number of nitrogens with zero attached hydrogens (tertiary/aromatic N) is 3. The molecule has 0 spiro atoms. The Kier molecular flexibility index (Phi) is 6.44. The van der Waals surface area contributed by atoms with Crippen LogP contribution in [0.4, 0.5) is 14.9 Å². The van der Waals surface area contributed by atoms with E-state index in [-0.39, 0.29) is 29.3 Å². The van der Waals surface area contributed by atoms with E-state index >= 15 is 0 Å². The van der Waals surface area contributed by atoms with Gasteiger partial charge in [0.25, 0.3) is 11.8 Å². The number of carbonyl (C=O) groups excluding carboxylic acids is 3. The van der Waals surface area contributed by atoms with E-state index in [1.807, 2.05) is 30.3 Å². The smallest absolute Gasteiger partial charge is 0.409 e. The van der Waals surface area contributed by atoms with Gasteiger partial charge < -0.3 is 14.5 Å². The molecule has 3 amide bonds. The van der Waals surface area contributed by atoms with Gasteiger partial charge in [-0.05, 0) is 49.6 Å². The van der Waals surface area contributed by atoms with E-state index in [4.69, 9.17) is 4.74 Å². The molecule has 2 aromatic rings. The van der Waals surface area contributed by atoms with Crippen molar-refractivity contribution in [1.29, 1.82) is 0 Å². The number of piperidine rings is 1. The third kappa shape index (κ3) is 4.33. The minimum Gasteiger partial charge on any atom is -0.450 e. The van der Waals surface area contributed by atoms with Crippen LogP contribution in [0.5, 0.6) is 0 Å². The Morgan fingerprint density at radius 3 is 2.27 bits per heavy atom. The highest BCUT2D eigenvalue weighted by molar-refractivity contribution is 6.36. The fourth-order valence-corrected chi connectivity index (χ4v) is 4.36. The predicted octanol–water partition coefficient (Wildman–Crippen LogP) is 3.66. The van der Waals surface area contributed by atoms with Crippen molar-refractivity contribution in [3.63, 3.8) is 0 Å². The maximum Gasteiger partial charge on any atom is 0.409 e. The minimum atomic E-state index is -0.419. The van der Waals surface area contributed by atoms with Gasteiger partial charge in [-0.1, -0.05) is 30.3 Å². The molecule has 172 valence electrons. The molecular formula is C25H26FN3O4. The summed E-state index contributed by atoms with van der Waals surface area (Å²) in [4.78, 5) is 43.8. The van der Waals surface area contributed by atoms with Gasteiger partial charge in [0.1, 0.15) is 11.5 Å². The number of amides is 3.